The molecule has 0 bridgehead atoms. The molecule has 3 aromatic rings. The zero-order valence-corrected chi connectivity index (χ0v) is 15.2. The molecule has 2 heterocycles. The molecule has 0 aliphatic heterocycles. The number of aryl methyl sites for hydroxylation is 1. The summed E-state index contributed by atoms with van der Waals surface area (Å²) in [5, 5.41) is 4.61. The lowest BCUT2D eigenvalue weighted by Gasteiger charge is -2.18. The van der Waals surface area contributed by atoms with E-state index >= 15 is 0 Å². The molecule has 0 spiro atoms. The summed E-state index contributed by atoms with van der Waals surface area (Å²) >= 11 is 0. The van der Waals surface area contributed by atoms with E-state index in [0.717, 1.165) is 22.6 Å². The fourth-order valence-corrected chi connectivity index (χ4v) is 2.91. The Bertz CT molecular complexity index is 973. The van der Waals surface area contributed by atoms with Crippen LogP contribution in [0.2, 0.25) is 0 Å². The van der Waals surface area contributed by atoms with Crippen molar-refractivity contribution in [1.82, 2.24) is 19.2 Å². The highest BCUT2D eigenvalue weighted by Gasteiger charge is 2.17. The molecule has 0 N–H and O–H groups in total. The summed E-state index contributed by atoms with van der Waals surface area (Å²) < 4.78 is 3.30. The van der Waals surface area contributed by atoms with E-state index in [0.29, 0.717) is 6.54 Å². The number of rotatable bonds is 5. The predicted octanol–water partition coefficient (Wildman–Crippen LogP) is 2.31. The zero-order valence-electron chi connectivity index (χ0n) is 15.2. The molecule has 0 saturated carbocycles. The molecule has 3 rings (SSSR count). The third-order valence-electron chi connectivity index (χ3n) is 4.47. The van der Waals surface area contributed by atoms with Crippen LogP contribution in [-0.2, 0) is 17.9 Å². The Balaban J connectivity index is 1.78. The number of hydrogen-bond acceptors (Lipinski definition) is 3. The fourth-order valence-electron chi connectivity index (χ4n) is 2.91. The Morgan fingerprint density at radius 2 is 1.77 bits per heavy atom. The molecule has 2 aromatic heterocycles. The maximum atomic E-state index is 12.5. The molecule has 134 valence electrons. The van der Waals surface area contributed by atoms with Gasteiger partial charge in [-0.05, 0) is 32.0 Å². The average molecular weight is 350 g/mol. The lowest BCUT2D eigenvalue weighted by molar-refractivity contribution is -0.131. The van der Waals surface area contributed by atoms with Crippen LogP contribution in [0.4, 0.5) is 0 Å². The Hall–Kier alpha value is -3.15. The first-order valence-corrected chi connectivity index (χ1v) is 8.47. The van der Waals surface area contributed by atoms with Crippen molar-refractivity contribution in [2.75, 3.05) is 7.05 Å². The van der Waals surface area contributed by atoms with Gasteiger partial charge in [-0.25, -0.2) is 4.68 Å². The van der Waals surface area contributed by atoms with Crippen LogP contribution in [0.25, 0.3) is 5.69 Å². The Morgan fingerprint density at radius 1 is 1.08 bits per heavy atom. The molecule has 26 heavy (non-hydrogen) atoms. The molecular weight excluding hydrogens is 328 g/mol. The predicted molar refractivity (Wildman–Crippen MR) is 100 cm³/mol. The van der Waals surface area contributed by atoms with Gasteiger partial charge in [0, 0.05) is 37.1 Å². The number of benzene rings is 1. The van der Waals surface area contributed by atoms with Crippen molar-refractivity contribution in [2.45, 2.75) is 26.9 Å². The van der Waals surface area contributed by atoms with Crippen LogP contribution in [0.5, 0.6) is 0 Å². The van der Waals surface area contributed by atoms with E-state index < -0.39 is 0 Å². The minimum Gasteiger partial charge on any atom is -0.340 e. The summed E-state index contributed by atoms with van der Waals surface area (Å²) in [4.78, 5) is 25.9. The summed E-state index contributed by atoms with van der Waals surface area (Å²) in [6.07, 6.45) is 1.62. The number of aromatic nitrogens is 3. The third-order valence-corrected chi connectivity index (χ3v) is 4.47. The van der Waals surface area contributed by atoms with Crippen LogP contribution >= 0.6 is 0 Å². The SMILES string of the molecule is Cc1nn(-c2ccccc2)c(C)c1CN(C)C(=O)Cn1ccccc1=O. The van der Waals surface area contributed by atoms with Crippen LogP contribution in [0, 0.1) is 13.8 Å². The van der Waals surface area contributed by atoms with Crippen molar-refractivity contribution in [3.63, 3.8) is 0 Å². The van der Waals surface area contributed by atoms with Gasteiger partial charge in [-0.15, -0.1) is 0 Å². The molecule has 6 nitrogen and oxygen atoms in total. The minimum atomic E-state index is -0.182. The molecule has 0 aliphatic carbocycles. The van der Waals surface area contributed by atoms with Crippen LogP contribution in [-0.4, -0.2) is 32.2 Å². The Morgan fingerprint density at radius 3 is 2.46 bits per heavy atom. The van der Waals surface area contributed by atoms with Gasteiger partial charge in [-0.3, -0.25) is 9.59 Å². The largest absolute Gasteiger partial charge is 0.340 e. The standard InChI is InChI=1S/C20H22N4O2/c1-15-18(16(2)24(21-15)17-9-5-4-6-10-17)13-22(3)20(26)14-23-12-8-7-11-19(23)25/h4-12H,13-14H2,1-3H3. The van der Waals surface area contributed by atoms with E-state index in [1.54, 1.807) is 30.3 Å². The van der Waals surface area contributed by atoms with E-state index in [2.05, 4.69) is 5.10 Å². The van der Waals surface area contributed by atoms with Gasteiger partial charge in [0.2, 0.25) is 5.91 Å². The van der Waals surface area contributed by atoms with E-state index in [1.807, 2.05) is 48.9 Å². The van der Waals surface area contributed by atoms with Gasteiger partial charge in [-0.2, -0.15) is 5.10 Å². The van der Waals surface area contributed by atoms with Crippen LogP contribution < -0.4 is 5.56 Å². The molecular formula is C20H22N4O2. The number of likely N-dealkylation sites (N-methyl/N-ethyl adjacent to an activating group) is 1. The summed E-state index contributed by atoms with van der Waals surface area (Å²) in [6.45, 7) is 4.43. The number of carbonyl (C=O) groups is 1. The highest BCUT2D eigenvalue weighted by Crippen LogP contribution is 2.19. The Kier molecular flexibility index (Phi) is 5.02. The monoisotopic (exact) mass is 350 g/mol. The van der Waals surface area contributed by atoms with Gasteiger partial charge in [-0.1, -0.05) is 24.3 Å². The normalized spacial score (nSPS) is 10.7. The zero-order chi connectivity index (χ0) is 18.7. The van der Waals surface area contributed by atoms with E-state index in [4.69, 9.17) is 0 Å². The molecule has 0 radical (unpaired) electrons. The van der Waals surface area contributed by atoms with Crippen molar-refractivity contribution < 1.29 is 4.79 Å². The second kappa shape index (κ2) is 7.39. The molecule has 0 fully saturated rings. The highest BCUT2D eigenvalue weighted by molar-refractivity contribution is 5.75. The molecule has 1 aromatic carbocycles. The van der Waals surface area contributed by atoms with Crippen LogP contribution in [0.1, 0.15) is 17.0 Å². The second-order valence-electron chi connectivity index (χ2n) is 6.31. The summed E-state index contributed by atoms with van der Waals surface area (Å²) in [6, 6.07) is 14.8. The van der Waals surface area contributed by atoms with E-state index in [9.17, 15) is 9.59 Å². The van der Waals surface area contributed by atoms with Crippen molar-refractivity contribution in [3.8, 4) is 5.69 Å². The molecule has 0 saturated heterocycles. The lowest BCUT2D eigenvalue weighted by atomic mass is 10.2. The van der Waals surface area contributed by atoms with Crippen molar-refractivity contribution in [2.24, 2.45) is 0 Å². The molecule has 0 unspecified atom stereocenters. The summed E-state index contributed by atoms with van der Waals surface area (Å²) in [7, 11) is 1.75. The molecule has 0 aliphatic rings. The smallest absolute Gasteiger partial charge is 0.250 e. The first-order valence-electron chi connectivity index (χ1n) is 8.47. The average Bonchev–Trinajstić information content (AvgIpc) is 2.92. The fraction of sp³-hybridized carbons (Fsp3) is 0.250. The van der Waals surface area contributed by atoms with Gasteiger partial charge in [0.05, 0.1) is 11.4 Å². The van der Waals surface area contributed by atoms with Gasteiger partial charge >= 0.3 is 0 Å². The van der Waals surface area contributed by atoms with Gasteiger partial charge in [0.15, 0.2) is 0 Å². The minimum absolute atomic E-state index is 0.0289. The van der Waals surface area contributed by atoms with E-state index in [-0.39, 0.29) is 18.0 Å². The lowest BCUT2D eigenvalue weighted by Crippen LogP contribution is -2.33. The Labute approximate surface area is 152 Å². The number of pyridine rings is 1. The van der Waals surface area contributed by atoms with Gasteiger partial charge in [0.1, 0.15) is 6.54 Å². The van der Waals surface area contributed by atoms with Crippen LogP contribution in [0.3, 0.4) is 0 Å². The van der Waals surface area contributed by atoms with Gasteiger partial charge < -0.3 is 9.47 Å². The first kappa shape index (κ1) is 17.7. The van der Waals surface area contributed by atoms with Gasteiger partial charge in [0.25, 0.3) is 5.56 Å². The van der Waals surface area contributed by atoms with Crippen molar-refractivity contribution in [1.29, 1.82) is 0 Å². The van der Waals surface area contributed by atoms with E-state index in [1.165, 1.54) is 10.6 Å². The first-order chi connectivity index (χ1) is 12.5. The van der Waals surface area contributed by atoms with Crippen LogP contribution in [0.15, 0.2) is 59.5 Å². The number of carbonyl (C=O) groups excluding carboxylic acids is 1. The van der Waals surface area contributed by atoms with Crippen molar-refractivity contribution in [3.05, 3.63) is 82.0 Å². The maximum Gasteiger partial charge on any atom is 0.250 e. The molecule has 0 atom stereocenters. The number of hydrogen-bond donors (Lipinski definition) is 0. The number of amides is 1. The molecule has 6 heteroatoms. The summed E-state index contributed by atoms with van der Waals surface area (Å²) in [5.41, 5.74) is 3.72. The maximum absolute atomic E-state index is 12.5. The quantitative estimate of drug-likeness (QED) is 0.709. The topological polar surface area (TPSA) is 60.1 Å². The second-order valence-corrected chi connectivity index (χ2v) is 6.31. The molecule has 1 amide bonds. The third kappa shape index (κ3) is 3.59. The number of nitrogens with zero attached hydrogens (tertiary/aromatic N) is 4. The van der Waals surface area contributed by atoms with Crippen molar-refractivity contribution >= 4 is 5.91 Å². The number of para-hydroxylation sites is 1. The summed E-state index contributed by atoms with van der Waals surface area (Å²) in [5.74, 6) is -0.121. The highest BCUT2D eigenvalue weighted by atomic mass is 16.2.